The Hall–Kier alpha value is -2.72. The maximum atomic E-state index is 12.5. The molecule has 10 nitrogen and oxygen atoms in total. The van der Waals surface area contributed by atoms with Gasteiger partial charge in [0.25, 0.3) is 0 Å². The highest BCUT2D eigenvalue weighted by Gasteiger charge is 2.13. The van der Waals surface area contributed by atoms with Crippen molar-refractivity contribution in [2.45, 2.75) is 258 Å². The molecule has 0 unspecified atom stereocenters. The van der Waals surface area contributed by atoms with Crippen LogP contribution >= 0.6 is 0 Å². The zero-order chi connectivity index (χ0) is 49.6. The van der Waals surface area contributed by atoms with Crippen molar-refractivity contribution in [2.24, 2.45) is 0 Å². The van der Waals surface area contributed by atoms with Crippen LogP contribution in [0.4, 0.5) is 0 Å². The molecule has 0 rings (SSSR count). The zero-order valence-corrected chi connectivity index (χ0v) is 45.0. The van der Waals surface area contributed by atoms with Crippen LogP contribution in [0.15, 0.2) is 24.3 Å². The summed E-state index contributed by atoms with van der Waals surface area (Å²) >= 11 is 0. The van der Waals surface area contributed by atoms with Crippen molar-refractivity contribution in [1.29, 1.82) is 0 Å². The fraction of sp³-hybridized carbons (Fsp3) is 0.862. The average Bonchev–Trinajstić information content (AvgIpc) is 3.32. The summed E-state index contributed by atoms with van der Waals surface area (Å²) in [5.41, 5.74) is 0. The molecule has 0 heterocycles. The van der Waals surface area contributed by atoms with Crippen LogP contribution in [0.3, 0.4) is 0 Å². The van der Waals surface area contributed by atoms with E-state index in [0.717, 1.165) is 103 Å². The number of carbonyl (C=O) groups excluding carboxylic acids is 4. The molecule has 0 N–H and O–H groups in total. The van der Waals surface area contributed by atoms with Crippen molar-refractivity contribution in [3.05, 3.63) is 24.3 Å². The maximum Gasteiger partial charge on any atom is 0.307 e. The van der Waals surface area contributed by atoms with Crippen molar-refractivity contribution < 1.29 is 38.1 Å². The first-order valence-corrected chi connectivity index (χ1v) is 28.6. The van der Waals surface area contributed by atoms with Crippen molar-refractivity contribution in [3.63, 3.8) is 0 Å². The van der Waals surface area contributed by atoms with E-state index in [-0.39, 0.29) is 36.7 Å². The summed E-state index contributed by atoms with van der Waals surface area (Å²) < 4.78 is 21.9. The molecule has 0 aliphatic heterocycles. The van der Waals surface area contributed by atoms with Gasteiger partial charge in [-0.2, -0.15) is 0 Å². The Labute approximate surface area is 419 Å². The Kier molecular flexibility index (Phi) is 51.5. The maximum absolute atomic E-state index is 12.5. The van der Waals surface area contributed by atoms with Gasteiger partial charge in [0.2, 0.25) is 0 Å². The largest absolute Gasteiger partial charge is 0.466 e. The summed E-state index contributed by atoms with van der Waals surface area (Å²) in [6.45, 7) is 9.06. The van der Waals surface area contributed by atoms with Crippen LogP contribution < -0.4 is 0 Å². The summed E-state index contributed by atoms with van der Waals surface area (Å²) in [7, 11) is 4.03. The van der Waals surface area contributed by atoms with E-state index >= 15 is 0 Å². The monoisotopic (exact) mass is 961 g/mol. The van der Waals surface area contributed by atoms with E-state index in [1.54, 1.807) is 0 Å². The van der Waals surface area contributed by atoms with Gasteiger partial charge in [-0.1, -0.05) is 167 Å². The molecule has 0 aliphatic carbocycles. The normalized spacial score (nSPS) is 11.7. The highest BCUT2D eigenvalue weighted by atomic mass is 16.5. The van der Waals surface area contributed by atoms with Crippen LogP contribution in [0.25, 0.3) is 0 Å². The molecule has 10 heteroatoms. The van der Waals surface area contributed by atoms with Crippen LogP contribution in [-0.2, 0) is 38.1 Å². The lowest BCUT2D eigenvalue weighted by molar-refractivity contribution is -0.145. The number of rotatable bonds is 53. The van der Waals surface area contributed by atoms with Crippen LogP contribution in [0, 0.1) is 0 Å². The minimum Gasteiger partial charge on any atom is -0.466 e. The molecule has 0 aromatic rings. The SMILES string of the molecule is CCCCCCC/C=C\CCCCCCCOC(=O)CCCCCCCOC(=O)CCN(CCC(=O)OCCCCCCCC(=O)OCCCCCCC/C=C\CCCCCCC)CCN(C)C. The number of likely N-dealkylation sites (N-methyl/N-ethyl adjacent to an activating group) is 1. The van der Waals surface area contributed by atoms with E-state index < -0.39 is 0 Å². The number of hydrogen-bond donors (Lipinski definition) is 0. The highest BCUT2D eigenvalue weighted by molar-refractivity contribution is 5.70. The summed E-state index contributed by atoms with van der Waals surface area (Å²) in [6.07, 6.45) is 49.9. The second-order valence-electron chi connectivity index (χ2n) is 19.5. The predicted molar refractivity (Wildman–Crippen MR) is 284 cm³/mol. The molecular weight excluding hydrogens is 853 g/mol. The third-order valence-electron chi connectivity index (χ3n) is 12.5. The molecule has 0 radical (unpaired) electrons. The van der Waals surface area contributed by atoms with Gasteiger partial charge in [0.15, 0.2) is 0 Å². The topological polar surface area (TPSA) is 112 Å². The molecule has 68 heavy (non-hydrogen) atoms. The third-order valence-corrected chi connectivity index (χ3v) is 12.5. The van der Waals surface area contributed by atoms with Crippen LogP contribution in [0.1, 0.15) is 258 Å². The van der Waals surface area contributed by atoms with E-state index in [4.69, 9.17) is 18.9 Å². The van der Waals surface area contributed by atoms with Gasteiger partial charge < -0.3 is 28.7 Å². The molecular formula is C58H108N2O8. The Morgan fingerprint density at radius 3 is 0.882 bits per heavy atom. The smallest absolute Gasteiger partial charge is 0.307 e. The summed E-state index contributed by atoms with van der Waals surface area (Å²) in [4.78, 5) is 53.4. The number of hydrogen-bond acceptors (Lipinski definition) is 10. The van der Waals surface area contributed by atoms with Gasteiger partial charge in [0, 0.05) is 39.0 Å². The van der Waals surface area contributed by atoms with E-state index in [0.29, 0.717) is 52.4 Å². The van der Waals surface area contributed by atoms with E-state index in [1.165, 1.54) is 128 Å². The lowest BCUT2D eigenvalue weighted by atomic mass is 10.1. The Bertz CT molecular complexity index is 1110. The molecule has 0 spiro atoms. The van der Waals surface area contributed by atoms with E-state index in [2.05, 4.69) is 48.0 Å². The zero-order valence-electron chi connectivity index (χ0n) is 45.0. The number of unbranched alkanes of at least 4 members (excludes halogenated alkanes) is 28. The average molecular weight is 962 g/mol. The van der Waals surface area contributed by atoms with Crippen molar-refractivity contribution in [1.82, 2.24) is 9.80 Å². The Morgan fingerprint density at radius 1 is 0.309 bits per heavy atom. The molecule has 0 amide bonds. The molecule has 0 saturated heterocycles. The summed E-state index contributed by atoms with van der Waals surface area (Å²) in [6, 6.07) is 0. The van der Waals surface area contributed by atoms with Crippen LogP contribution in [0.5, 0.6) is 0 Å². The van der Waals surface area contributed by atoms with Gasteiger partial charge in [0.1, 0.15) is 0 Å². The first-order valence-electron chi connectivity index (χ1n) is 28.6. The van der Waals surface area contributed by atoms with E-state index in [1.807, 2.05) is 14.1 Å². The minimum atomic E-state index is -0.211. The van der Waals surface area contributed by atoms with Crippen molar-refractivity contribution in [2.75, 3.05) is 66.7 Å². The van der Waals surface area contributed by atoms with Gasteiger partial charge in [-0.3, -0.25) is 19.2 Å². The fourth-order valence-corrected chi connectivity index (χ4v) is 8.00. The second-order valence-corrected chi connectivity index (χ2v) is 19.5. The molecule has 0 aromatic carbocycles. The summed E-state index contributed by atoms with van der Waals surface area (Å²) in [5.74, 6) is -0.601. The molecule has 0 atom stereocenters. The third kappa shape index (κ3) is 52.6. The number of nitrogens with zero attached hydrogens (tertiary/aromatic N) is 2. The molecule has 0 bridgehead atoms. The minimum absolute atomic E-state index is 0.0890. The number of ether oxygens (including phenoxy) is 4. The van der Waals surface area contributed by atoms with Gasteiger partial charge in [0.05, 0.1) is 39.3 Å². The van der Waals surface area contributed by atoms with Crippen molar-refractivity contribution in [3.8, 4) is 0 Å². The Morgan fingerprint density at radius 2 is 0.574 bits per heavy atom. The molecule has 0 aromatic heterocycles. The molecule has 0 fully saturated rings. The van der Waals surface area contributed by atoms with Crippen LogP contribution in [-0.4, -0.2) is 100 Å². The van der Waals surface area contributed by atoms with Gasteiger partial charge in [-0.05, 0) is 104 Å². The van der Waals surface area contributed by atoms with Gasteiger partial charge in [-0.25, -0.2) is 0 Å². The lowest BCUT2D eigenvalue weighted by Gasteiger charge is -2.23. The standard InChI is InChI=1S/C58H108N2O8/c1-5-7-9-11-13-15-17-19-21-23-25-27-33-39-51-65-55(61)43-37-31-29-35-41-53-67-57(63)45-47-60(50-49-59(3)4)48-46-58(64)68-54-42-36-30-32-38-44-56(62)66-52-40-34-28-26-24-22-20-18-16-14-12-10-8-6-2/h17-20H,5-16,21-54H2,1-4H3/b19-17-,20-18-. The first kappa shape index (κ1) is 65.3. The summed E-state index contributed by atoms with van der Waals surface area (Å²) in [5, 5.41) is 0. The first-order chi connectivity index (χ1) is 33.3. The number of allylic oxidation sites excluding steroid dienone is 4. The molecule has 0 aliphatic rings. The molecule has 398 valence electrons. The number of carbonyl (C=O) groups is 4. The lowest BCUT2D eigenvalue weighted by Crippen LogP contribution is -2.35. The predicted octanol–water partition coefficient (Wildman–Crippen LogP) is 15.0. The Balaban J connectivity index is 3.77. The van der Waals surface area contributed by atoms with Gasteiger partial charge in [-0.15, -0.1) is 0 Å². The highest BCUT2D eigenvalue weighted by Crippen LogP contribution is 2.13. The van der Waals surface area contributed by atoms with E-state index in [9.17, 15) is 19.2 Å². The quantitative estimate of drug-likeness (QED) is 0.0253. The fourth-order valence-electron chi connectivity index (χ4n) is 8.00. The van der Waals surface area contributed by atoms with Crippen molar-refractivity contribution >= 4 is 23.9 Å². The van der Waals surface area contributed by atoms with Crippen LogP contribution in [0.2, 0.25) is 0 Å². The number of esters is 4. The second kappa shape index (κ2) is 53.6. The van der Waals surface area contributed by atoms with Gasteiger partial charge >= 0.3 is 23.9 Å². The molecule has 0 saturated carbocycles.